The molecule has 37 heavy (non-hydrogen) atoms. The summed E-state index contributed by atoms with van der Waals surface area (Å²) < 4.78 is 1.86. The van der Waals surface area contributed by atoms with Crippen LogP contribution in [0.3, 0.4) is 0 Å². The van der Waals surface area contributed by atoms with Gasteiger partial charge in [-0.1, -0.05) is 79.8 Å². The van der Waals surface area contributed by atoms with Gasteiger partial charge in [0.05, 0.1) is 23.2 Å². The molecular weight excluding hydrogens is 502 g/mol. The maximum Gasteiger partial charge on any atom is 0.251 e. The van der Waals surface area contributed by atoms with Crippen molar-refractivity contribution in [3.8, 4) is 0 Å². The molecule has 0 unspecified atom stereocenters. The van der Waals surface area contributed by atoms with Gasteiger partial charge in [-0.15, -0.1) is 10.2 Å². The molecule has 0 bridgehead atoms. The van der Waals surface area contributed by atoms with Crippen LogP contribution in [0.25, 0.3) is 0 Å². The Balaban J connectivity index is 1.34. The summed E-state index contributed by atoms with van der Waals surface area (Å²) in [6.07, 6.45) is 0. The van der Waals surface area contributed by atoms with Gasteiger partial charge in [0, 0.05) is 22.4 Å². The van der Waals surface area contributed by atoms with Crippen LogP contribution in [0.1, 0.15) is 36.1 Å². The van der Waals surface area contributed by atoms with Gasteiger partial charge in [0.1, 0.15) is 0 Å². The number of nitrogens with one attached hydrogen (secondary N) is 1. The first kappa shape index (κ1) is 25.1. The van der Waals surface area contributed by atoms with E-state index in [4.69, 9.17) is 0 Å². The number of thioether (sulfide) groups is 1. The molecule has 2 heterocycles. The molecule has 3 aromatic carbocycles. The molecule has 1 aromatic heterocycles. The molecule has 1 atom stereocenters. The summed E-state index contributed by atoms with van der Waals surface area (Å²) >= 11 is 3.01. The lowest BCUT2D eigenvalue weighted by atomic mass is 10.0. The number of benzene rings is 3. The van der Waals surface area contributed by atoms with Gasteiger partial charge >= 0.3 is 0 Å². The Morgan fingerprint density at radius 2 is 1.49 bits per heavy atom. The number of hydrogen-bond acceptors (Lipinski definition) is 6. The summed E-state index contributed by atoms with van der Waals surface area (Å²) in [6.45, 7) is 4.06. The molecule has 0 spiro atoms. The van der Waals surface area contributed by atoms with Crippen LogP contribution in [-0.2, 0) is 11.8 Å². The zero-order valence-electron chi connectivity index (χ0n) is 20.8. The van der Waals surface area contributed by atoms with E-state index in [1.165, 1.54) is 11.8 Å². The molecule has 1 aliphatic heterocycles. The number of carbonyl (C=O) groups is 2. The third-order valence-electron chi connectivity index (χ3n) is 6.14. The zero-order valence-corrected chi connectivity index (χ0v) is 22.4. The first-order valence-corrected chi connectivity index (χ1v) is 13.8. The van der Waals surface area contributed by atoms with E-state index in [2.05, 4.69) is 15.5 Å². The predicted octanol–water partition coefficient (Wildman–Crippen LogP) is 5.86. The summed E-state index contributed by atoms with van der Waals surface area (Å²) in [5, 5.41) is 12.5. The number of fused-ring (bicyclic) bond motifs is 2. The minimum Gasteiger partial charge on any atom is -0.342 e. The fourth-order valence-corrected chi connectivity index (χ4v) is 6.06. The third kappa shape index (κ3) is 5.14. The minimum atomic E-state index is -0.326. The molecule has 9 heteroatoms. The van der Waals surface area contributed by atoms with Crippen molar-refractivity contribution in [2.45, 2.75) is 34.8 Å². The van der Waals surface area contributed by atoms with Crippen LogP contribution < -0.4 is 10.2 Å². The fourth-order valence-electron chi connectivity index (χ4n) is 4.23. The van der Waals surface area contributed by atoms with E-state index in [1.54, 1.807) is 28.8 Å². The molecule has 2 amide bonds. The van der Waals surface area contributed by atoms with Crippen molar-refractivity contribution < 1.29 is 9.59 Å². The van der Waals surface area contributed by atoms with Crippen LogP contribution in [0, 0.1) is 5.92 Å². The molecule has 0 aliphatic carbocycles. The van der Waals surface area contributed by atoms with Crippen LogP contribution >= 0.6 is 23.5 Å². The monoisotopic (exact) mass is 529 g/mol. The Hall–Kier alpha value is -3.56. The van der Waals surface area contributed by atoms with Gasteiger partial charge in [0.2, 0.25) is 5.91 Å². The molecule has 1 N–H and O–H groups in total. The highest BCUT2D eigenvalue weighted by Crippen LogP contribution is 2.48. The number of anilines is 2. The van der Waals surface area contributed by atoms with E-state index in [1.807, 2.05) is 92.2 Å². The predicted molar refractivity (Wildman–Crippen MR) is 147 cm³/mol. The highest BCUT2D eigenvalue weighted by atomic mass is 32.2. The maximum absolute atomic E-state index is 13.5. The lowest BCUT2D eigenvalue weighted by molar-refractivity contribution is -0.115. The van der Waals surface area contributed by atoms with Gasteiger partial charge in [0.15, 0.2) is 11.0 Å². The van der Waals surface area contributed by atoms with Crippen LogP contribution in [-0.4, -0.2) is 32.3 Å². The van der Waals surface area contributed by atoms with E-state index in [-0.39, 0.29) is 29.5 Å². The first-order chi connectivity index (χ1) is 17.9. The second-order valence-electron chi connectivity index (χ2n) is 9.02. The molecule has 7 nitrogen and oxygen atoms in total. The molecular formula is C28H27N5O2S2. The maximum atomic E-state index is 13.5. The number of nitrogens with zero attached hydrogens (tertiary/aromatic N) is 4. The van der Waals surface area contributed by atoms with Crippen LogP contribution in [0.4, 0.5) is 11.4 Å². The number of hydrogen-bond donors (Lipinski definition) is 1. The van der Waals surface area contributed by atoms with Crippen LogP contribution in [0.5, 0.6) is 0 Å². The van der Waals surface area contributed by atoms with E-state index < -0.39 is 0 Å². The van der Waals surface area contributed by atoms with Gasteiger partial charge in [-0.2, -0.15) is 0 Å². The summed E-state index contributed by atoms with van der Waals surface area (Å²) in [5.74, 6) is 0.745. The topological polar surface area (TPSA) is 80.1 Å². The molecule has 0 saturated heterocycles. The van der Waals surface area contributed by atoms with Crippen LogP contribution in [0.15, 0.2) is 93.8 Å². The number of para-hydroxylation sites is 2. The average molecular weight is 530 g/mol. The second kappa shape index (κ2) is 10.8. The van der Waals surface area contributed by atoms with Gasteiger partial charge in [-0.25, -0.2) is 0 Å². The van der Waals surface area contributed by atoms with Gasteiger partial charge in [-0.05, 0) is 42.3 Å². The lowest BCUT2D eigenvalue weighted by Crippen LogP contribution is -2.33. The van der Waals surface area contributed by atoms with Crippen molar-refractivity contribution in [2.75, 3.05) is 10.7 Å². The van der Waals surface area contributed by atoms with Gasteiger partial charge < -0.3 is 9.88 Å². The molecule has 0 saturated carbocycles. The summed E-state index contributed by atoms with van der Waals surface area (Å²) in [5.41, 5.74) is 2.37. The lowest BCUT2D eigenvalue weighted by Gasteiger charge is -2.30. The Morgan fingerprint density at radius 1 is 0.892 bits per heavy atom. The highest BCUT2D eigenvalue weighted by molar-refractivity contribution is 8.00. The average Bonchev–Trinajstić information content (AvgIpc) is 3.28. The normalized spacial score (nSPS) is 13.1. The minimum absolute atomic E-state index is 0.0347. The summed E-state index contributed by atoms with van der Waals surface area (Å²) in [6, 6.07) is 24.7. The number of aromatic nitrogens is 3. The number of amides is 2. The Morgan fingerprint density at radius 3 is 2.11 bits per heavy atom. The number of rotatable bonds is 7. The van der Waals surface area contributed by atoms with Crippen LogP contribution in [0.2, 0.25) is 0 Å². The van der Waals surface area contributed by atoms with E-state index in [9.17, 15) is 9.59 Å². The Bertz CT molecular complexity index is 1390. The van der Waals surface area contributed by atoms with E-state index in [0.29, 0.717) is 16.5 Å². The van der Waals surface area contributed by atoms with Crippen molar-refractivity contribution >= 4 is 46.7 Å². The molecule has 1 aliphatic rings. The molecule has 0 radical (unpaired) electrons. The van der Waals surface area contributed by atoms with Crippen molar-refractivity contribution in [1.29, 1.82) is 0 Å². The highest BCUT2D eigenvalue weighted by Gasteiger charge is 2.29. The Kier molecular flexibility index (Phi) is 7.34. The second-order valence-corrected chi connectivity index (χ2v) is 11.0. The fraction of sp³-hybridized carbons (Fsp3) is 0.214. The van der Waals surface area contributed by atoms with E-state index in [0.717, 1.165) is 21.2 Å². The molecule has 5 rings (SSSR count). The Labute approximate surface area is 224 Å². The standard InChI is InChI=1S/C28H27N5O2S2/c1-18(2)25(29-27(35)19-11-5-4-6-12-19)26-30-31-28(32(26)3)36-17-24(34)33-20-13-7-9-15-22(20)37-23-16-10-8-14-21(23)33/h4-16,18,25H,17H2,1-3H3,(H,29,35)/t25-/m1/s1. The van der Waals surface area contributed by atoms with Gasteiger partial charge in [-0.3, -0.25) is 14.5 Å². The van der Waals surface area contributed by atoms with E-state index >= 15 is 0 Å². The van der Waals surface area contributed by atoms with Crippen molar-refractivity contribution in [3.63, 3.8) is 0 Å². The summed E-state index contributed by atoms with van der Waals surface area (Å²) in [4.78, 5) is 30.3. The van der Waals surface area contributed by atoms with Crippen molar-refractivity contribution in [1.82, 2.24) is 20.1 Å². The van der Waals surface area contributed by atoms with Crippen molar-refractivity contribution in [2.24, 2.45) is 13.0 Å². The van der Waals surface area contributed by atoms with Crippen molar-refractivity contribution in [3.05, 3.63) is 90.3 Å². The quantitative estimate of drug-likeness (QED) is 0.302. The smallest absolute Gasteiger partial charge is 0.251 e. The number of carbonyl (C=O) groups excluding carboxylic acids is 2. The molecule has 0 fully saturated rings. The molecule has 188 valence electrons. The first-order valence-electron chi connectivity index (χ1n) is 12.0. The zero-order chi connectivity index (χ0) is 25.9. The SMILES string of the molecule is CC(C)[C@@H](NC(=O)c1ccccc1)c1nnc(SCC(=O)N2c3ccccc3Sc3ccccc32)n1C. The largest absolute Gasteiger partial charge is 0.342 e. The van der Waals surface area contributed by atoms with Gasteiger partial charge in [0.25, 0.3) is 5.91 Å². The third-order valence-corrected chi connectivity index (χ3v) is 8.28. The summed E-state index contributed by atoms with van der Waals surface area (Å²) in [7, 11) is 1.87. The molecule has 4 aromatic rings.